The molecule has 1 heterocycles. The Hall–Kier alpha value is -1.22. The summed E-state index contributed by atoms with van der Waals surface area (Å²) >= 11 is 1.73. The quantitative estimate of drug-likeness (QED) is 0.671. The highest BCUT2D eigenvalue weighted by molar-refractivity contribution is 7.10. The van der Waals surface area contributed by atoms with Crippen molar-refractivity contribution in [2.45, 2.75) is 71.6 Å². The van der Waals surface area contributed by atoms with Gasteiger partial charge in [0, 0.05) is 23.1 Å². The van der Waals surface area contributed by atoms with E-state index in [9.17, 15) is 4.79 Å². The van der Waals surface area contributed by atoms with Crippen LogP contribution in [0.4, 0.5) is 0 Å². The van der Waals surface area contributed by atoms with Gasteiger partial charge in [0.05, 0.1) is 11.2 Å². The van der Waals surface area contributed by atoms with E-state index in [2.05, 4.69) is 37.9 Å². The van der Waals surface area contributed by atoms with E-state index in [4.69, 9.17) is 0 Å². The van der Waals surface area contributed by atoms with Crippen molar-refractivity contribution in [3.05, 3.63) is 39.9 Å². The van der Waals surface area contributed by atoms with Crippen LogP contribution < -0.4 is 0 Å². The fourth-order valence-electron chi connectivity index (χ4n) is 3.72. The molecule has 126 valence electrons. The molecular weight excluding hydrogens is 302 g/mol. The minimum atomic E-state index is -0.176. The Morgan fingerprint density at radius 1 is 1.52 bits per heavy atom. The molecule has 23 heavy (non-hydrogen) atoms. The van der Waals surface area contributed by atoms with Crippen LogP contribution in [0.25, 0.3) is 0 Å². The number of aryl methyl sites for hydroxylation is 1. The van der Waals surface area contributed by atoms with E-state index in [-0.39, 0.29) is 5.41 Å². The standard InChI is InChI=1S/C20H29NOS/c1-5-7-10-16(4)20(6-2)13-17(22)12-15(3)9-8-11-18-19(20)23-14-21-18/h5,7,10,14-15H,6,8-9,11-13H2,1-4H3/b7-5-,16-10+/t15-,20-/m0/s1. The van der Waals surface area contributed by atoms with Gasteiger partial charge >= 0.3 is 0 Å². The molecule has 1 aromatic heterocycles. The molecule has 0 saturated heterocycles. The van der Waals surface area contributed by atoms with Crippen molar-refractivity contribution in [3.63, 3.8) is 0 Å². The molecule has 1 aromatic rings. The first-order valence-corrected chi connectivity index (χ1v) is 9.66. The number of ketones is 1. The number of thiazole rings is 1. The Balaban J connectivity index is 2.54. The number of carbonyl (C=O) groups is 1. The fourth-order valence-corrected chi connectivity index (χ4v) is 4.90. The van der Waals surface area contributed by atoms with Gasteiger partial charge in [0.1, 0.15) is 5.78 Å². The van der Waals surface area contributed by atoms with Gasteiger partial charge in [-0.3, -0.25) is 4.79 Å². The van der Waals surface area contributed by atoms with E-state index < -0.39 is 0 Å². The van der Waals surface area contributed by atoms with Gasteiger partial charge in [-0.25, -0.2) is 4.98 Å². The van der Waals surface area contributed by atoms with Gasteiger partial charge in [0.15, 0.2) is 0 Å². The van der Waals surface area contributed by atoms with Gasteiger partial charge in [-0.15, -0.1) is 11.3 Å². The Bertz CT molecular complexity index is 599. The highest BCUT2D eigenvalue weighted by Crippen LogP contribution is 2.44. The van der Waals surface area contributed by atoms with Crippen molar-refractivity contribution in [2.75, 3.05) is 0 Å². The monoisotopic (exact) mass is 331 g/mol. The lowest BCUT2D eigenvalue weighted by Gasteiger charge is -2.34. The van der Waals surface area contributed by atoms with Gasteiger partial charge in [0.25, 0.3) is 0 Å². The van der Waals surface area contributed by atoms with Crippen molar-refractivity contribution in [2.24, 2.45) is 5.92 Å². The zero-order valence-corrected chi connectivity index (χ0v) is 15.7. The van der Waals surface area contributed by atoms with Crippen LogP contribution in [0.1, 0.15) is 70.4 Å². The molecule has 0 aliphatic heterocycles. The third-order valence-electron chi connectivity index (χ3n) is 5.16. The summed E-state index contributed by atoms with van der Waals surface area (Å²) in [5.74, 6) is 0.880. The highest BCUT2D eigenvalue weighted by atomic mass is 32.1. The first-order chi connectivity index (χ1) is 11.0. The maximum absolute atomic E-state index is 12.7. The van der Waals surface area contributed by atoms with E-state index in [1.54, 1.807) is 11.3 Å². The topological polar surface area (TPSA) is 30.0 Å². The SMILES string of the molecule is C/C=C\C=C(/C)[C@]1(CC)CC(=O)C[C@@H](C)CCCc2ncsc21. The van der Waals surface area contributed by atoms with Gasteiger partial charge in [0.2, 0.25) is 0 Å². The third kappa shape index (κ3) is 4.00. The summed E-state index contributed by atoms with van der Waals surface area (Å²) in [5, 5.41) is 0. The van der Waals surface area contributed by atoms with E-state index in [0.29, 0.717) is 24.5 Å². The van der Waals surface area contributed by atoms with Crippen LogP contribution in [0.5, 0.6) is 0 Å². The summed E-state index contributed by atoms with van der Waals surface area (Å²) in [6, 6.07) is 0. The Labute approximate surface area is 144 Å². The largest absolute Gasteiger partial charge is 0.300 e. The van der Waals surface area contributed by atoms with E-state index in [1.165, 1.54) is 16.1 Å². The Morgan fingerprint density at radius 3 is 3.00 bits per heavy atom. The Kier molecular flexibility index (Phi) is 6.34. The molecule has 0 N–H and O–H groups in total. The number of hydrogen-bond acceptors (Lipinski definition) is 3. The van der Waals surface area contributed by atoms with Gasteiger partial charge < -0.3 is 0 Å². The number of allylic oxidation sites excluding steroid dienone is 4. The van der Waals surface area contributed by atoms with Crippen LogP contribution in [0.2, 0.25) is 0 Å². The average Bonchev–Trinajstić information content (AvgIpc) is 2.98. The molecule has 0 fully saturated rings. The molecule has 2 nitrogen and oxygen atoms in total. The summed E-state index contributed by atoms with van der Waals surface area (Å²) in [6.07, 6.45) is 11.9. The van der Waals surface area contributed by atoms with Crippen LogP contribution in [0.3, 0.4) is 0 Å². The van der Waals surface area contributed by atoms with Crippen molar-refractivity contribution >= 4 is 17.1 Å². The molecule has 0 aromatic carbocycles. The van der Waals surface area contributed by atoms with Crippen LogP contribution in [-0.2, 0) is 16.6 Å². The molecule has 3 heteroatoms. The Morgan fingerprint density at radius 2 is 2.30 bits per heavy atom. The van der Waals surface area contributed by atoms with Crippen molar-refractivity contribution in [1.29, 1.82) is 0 Å². The van der Waals surface area contributed by atoms with Gasteiger partial charge in [-0.1, -0.05) is 37.6 Å². The molecule has 2 atom stereocenters. The lowest BCUT2D eigenvalue weighted by atomic mass is 9.70. The summed E-state index contributed by atoms with van der Waals surface area (Å²) < 4.78 is 0. The molecule has 1 aliphatic carbocycles. The minimum absolute atomic E-state index is 0.176. The minimum Gasteiger partial charge on any atom is -0.300 e. The molecule has 0 amide bonds. The summed E-state index contributed by atoms with van der Waals surface area (Å²) in [4.78, 5) is 18.7. The summed E-state index contributed by atoms with van der Waals surface area (Å²) in [7, 11) is 0. The van der Waals surface area contributed by atoms with Crippen molar-refractivity contribution < 1.29 is 4.79 Å². The molecule has 0 bridgehead atoms. The second-order valence-corrected chi connectivity index (χ2v) is 7.71. The second-order valence-electron chi connectivity index (χ2n) is 6.86. The highest BCUT2D eigenvalue weighted by Gasteiger charge is 2.38. The molecule has 0 unspecified atom stereocenters. The average molecular weight is 332 g/mol. The van der Waals surface area contributed by atoms with Crippen molar-refractivity contribution in [1.82, 2.24) is 4.98 Å². The first-order valence-electron chi connectivity index (χ1n) is 8.78. The van der Waals surface area contributed by atoms with E-state index in [1.807, 2.05) is 18.5 Å². The summed E-state index contributed by atoms with van der Waals surface area (Å²) in [5.41, 5.74) is 4.28. The number of fused-ring (bicyclic) bond motifs is 1. The van der Waals surface area contributed by atoms with E-state index in [0.717, 1.165) is 25.7 Å². The van der Waals surface area contributed by atoms with Gasteiger partial charge in [-0.05, 0) is 45.4 Å². The number of hydrogen-bond donors (Lipinski definition) is 0. The number of carbonyl (C=O) groups excluding carboxylic acids is 1. The third-order valence-corrected chi connectivity index (χ3v) is 6.23. The lowest BCUT2D eigenvalue weighted by Crippen LogP contribution is -2.31. The van der Waals surface area contributed by atoms with Crippen LogP contribution in [-0.4, -0.2) is 10.8 Å². The van der Waals surface area contributed by atoms with E-state index >= 15 is 0 Å². The fraction of sp³-hybridized carbons (Fsp3) is 0.600. The van der Waals surface area contributed by atoms with Crippen LogP contribution >= 0.6 is 11.3 Å². The lowest BCUT2D eigenvalue weighted by molar-refractivity contribution is -0.121. The summed E-state index contributed by atoms with van der Waals surface area (Å²) in [6.45, 7) is 8.62. The number of aromatic nitrogens is 1. The first kappa shape index (κ1) is 18.1. The van der Waals surface area contributed by atoms with Gasteiger partial charge in [-0.2, -0.15) is 0 Å². The number of Topliss-reactive ketones (excluding diaryl/α,β-unsaturated/α-hetero) is 1. The molecule has 0 saturated carbocycles. The zero-order valence-electron chi connectivity index (χ0n) is 14.9. The zero-order chi connectivity index (χ0) is 16.9. The number of rotatable bonds is 3. The molecule has 0 radical (unpaired) electrons. The maximum atomic E-state index is 12.7. The van der Waals surface area contributed by atoms with Crippen LogP contribution in [0.15, 0.2) is 29.3 Å². The second kappa shape index (κ2) is 8.05. The molecule has 2 rings (SSSR count). The molecular formula is C20H29NOS. The number of nitrogens with zero attached hydrogens (tertiary/aromatic N) is 1. The van der Waals surface area contributed by atoms with Crippen LogP contribution in [0, 0.1) is 5.92 Å². The predicted molar refractivity (Wildman–Crippen MR) is 99.0 cm³/mol. The normalized spacial score (nSPS) is 27.2. The maximum Gasteiger partial charge on any atom is 0.134 e. The predicted octanol–water partition coefficient (Wildman–Crippen LogP) is 5.64. The van der Waals surface area contributed by atoms with Crippen molar-refractivity contribution in [3.8, 4) is 0 Å². The molecule has 0 spiro atoms. The smallest absolute Gasteiger partial charge is 0.134 e. The molecule has 1 aliphatic rings.